The number of thiophene rings is 1. The van der Waals surface area contributed by atoms with E-state index in [4.69, 9.17) is 11.6 Å². The van der Waals surface area contributed by atoms with E-state index < -0.39 is 0 Å². The van der Waals surface area contributed by atoms with Gasteiger partial charge in [-0.15, -0.1) is 11.3 Å². The SMILES string of the molecule is Cc1nc(C)c2c(C)c(C(=O)N3CCN(c4ccccc4Cl)CC3)sc2n1. The lowest BCUT2D eigenvalue weighted by atomic mass is 10.1. The van der Waals surface area contributed by atoms with Crippen LogP contribution in [0.2, 0.25) is 5.02 Å². The van der Waals surface area contributed by atoms with Gasteiger partial charge in [0.25, 0.3) is 5.91 Å². The highest BCUT2D eigenvalue weighted by Crippen LogP contribution is 2.33. The Morgan fingerprint density at radius 2 is 1.78 bits per heavy atom. The van der Waals surface area contributed by atoms with Crippen molar-refractivity contribution < 1.29 is 4.79 Å². The molecular weight excluding hydrogens is 380 g/mol. The summed E-state index contributed by atoms with van der Waals surface area (Å²) >= 11 is 7.79. The maximum Gasteiger partial charge on any atom is 0.264 e. The lowest BCUT2D eigenvalue weighted by Crippen LogP contribution is -2.48. The van der Waals surface area contributed by atoms with E-state index in [-0.39, 0.29) is 5.91 Å². The number of fused-ring (bicyclic) bond motifs is 1. The molecule has 0 spiro atoms. The van der Waals surface area contributed by atoms with Crippen molar-refractivity contribution in [2.24, 2.45) is 0 Å². The molecule has 0 atom stereocenters. The first-order valence-corrected chi connectivity index (χ1v) is 10.2. The van der Waals surface area contributed by atoms with E-state index in [1.807, 2.05) is 49.9 Å². The van der Waals surface area contributed by atoms with E-state index in [9.17, 15) is 4.79 Å². The van der Waals surface area contributed by atoms with Crippen molar-refractivity contribution in [1.82, 2.24) is 14.9 Å². The third-order valence-electron chi connectivity index (χ3n) is 5.04. The molecule has 1 fully saturated rings. The topological polar surface area (TPSA) is 49.3 Å². The Bertz CT molecular complexity index is 1020. The molecule has 1 aliphatic rings. The maximum atomic E-state index is 13.1. The molecule has 1 aliphatic heterocycles. The average molecular weight is 401 g/mol. The summed E-state index contributed by atoms with van der Waals surface area (Å²) in [6.45, 7) is 8.78. The van der Waals surface area contributed by atoms with E-state index >= 15 is 0 Å². The highest BCUT2D eigenvalue weighted by molar-refractivity contribution is 7.20. The molecule has 5 nitrogen and oxygen atoms in total. The van der Waals surface area contributed by atoms with Gasteiger partial charge in [-0.3, -0.25) is 4.79 Å². The molecule has 3 heterocycles. The number of para-hydroxylation sites is 1. The minimum absolute atomic E-state index is 0.0892. The summed E-state index contributed by atoms with van der Waals surface area (Å²) in [5.74, 6) is 0.833. The van der Waals surface area contributed by atoms with Crippen LogP contribution in [0, 0.1) is 20.8 Å². The van der Waals surface area contributed by atoms with Crippen LogP contribution in [0.1, 0.15) is 26.8 Å². The fourth-order valence-electron chi connectivity index (χ4n) is 3.68. The summed E-state index contributed by atoms with van der Waals surface area (Å²) in [7, 11) is 0. The summed E-state index contributed by atoms with van der Waals surface area (Å²) in [5, 5.41) is 1.77. The second-order valence-corrected chi connectivity index (χ2v) is 8.23. The zero-order valence-electron chi connectivity index (χ0n) is 15.6. The standard InChI is InChI=1S/C20H21ClN4OS/c1-12-17-13(2)22-14(3)23-19(17)27-18(12)20(26)25-10-8-24(9-11-25)16-7-5-4-6-15(16)21/h4-7H,8-11H2,1-3H3. The lowest BCUT2D eigenvalue weighted by Gasteiger charge is -2.36. The summed E-state index contributed by atoms with van der Waals surface area (Å²) in [6, 6.07) is 7.85. The quantitative estimate of drug-likeness (QED) is 0.645. The molecule has 0 radical (unpaired) electrons. The number of amides is 1. The molecule has 27 heavy (non-hydrogen) atoms. The molecule has 3 aromatic rings. The summed E-state index contributed by atoms with van der Waals surface area (Å²) in [5.41, 5.74) is 2.96. The van der Waals surface area contributed by atoms with Crippen LogP contribution in [-0.4, -0.2) is 47.0 Å². The maximum absolute atomic E-state index is 13.1. The number of anilines is 1. The van der Waals surface area contributed by atoms with Crippen LogP contribution in [0.5, 0.6) is 0 Å². The van der Waals surface area contributed by atoms with Crippen molar-refractivity contribution >= 4 is 44.7 Å². The van der Waals surface area contributed by atoms with Gasteiger partial charge in [0, 0.05) is 37.3 Å². The number of nitrogens with zero attached hydrogens (tertiary/aromatic N) is 4. The number of halogens is 1. The first-order valence-electron chi connectivity index (χ1n) is 8.99. The molecule has 0 aliphatic carbocycles. The zero-order valence-corrected chi connectivity index (χ0v) is 17.2. The van der Waals surface area contributed by atoms with Crippen LogP contribution < -0.4 is 4.90 Å². The highest BCUT2D eigenvalue weighted by atomic mass is 35.5. The number of rotatable bonds is 2. The Labute approximate surface area is 167 Å². The van der Waals surface area contributed by atoms with E-state index in [1.54, 1.807) is 0 Å². The van der Waals surface area contributed by atoms with Gasteiger partial charge < -0.3 is 9.80 Å². The second-order valence-electron chi connectivity index (χ2n) is 6.82. The molecule has 0 N–H and O–H groups in total. The van der Waals surface area contributed by atoms with E-state index in [1.165, 1.54) is 11.3 Å². The van der Waals surface area contributed by atoms with Gasteiger partial charge in [-0.25, -0.2) is 9.97 Å². The van der Waals surface area contributed by atoms with Crippen LogP contribution in [0.4, 0.5) is 5.69 Å². The first kappa shape index (κ1) is 18.2. The minimum Gasteiger partial charge on any atom is -0.367 e. The molecule has 0 unspecified atom stereocenters. The van der Waals surface area contributed by atoms with Gasteiger partial charge in [-0.1, -0.05) is 23.7 Å². The van der Waals surface area contributed by atoms with Crippen LogP contribution in [0.25, 0.3) is 10.2 Å². The van der Waals surface area contributed by atoms with Crippen molar-refractivity contribution in [3.63, 3.8) is 0 Å². The van der Waals surface area contributed by atoms with Gasteiger partial charge in [-0.2, -0.15) is 0 Å². The molecular formula is C20H21ClN4OS. The Morgan fingerprint density at radius 1 is 1.07 bits per heavy atom. The van der Waals surface area contributed by atoms with E-state index in [2.05, 4.69) is 14.9 Å². The summed E-state index contributed by atoms with van der Waals surface area (Å²) < 4.78 is 0. The van der Waals surface area contributed by atoms with Crippen molar-refractivity contribution in [3.05, 3.63) is 51.2 Å². The second kappa shape index (κ2) is 7.09. The molecule has 7 heteroatoms. The molecule has 4 rings (SSSR count). The lowest BCUT2D eigenvalue weighted by molar-refractivity contribution is 0.0751. The predicted molar refractivity (Wildman–Crippen MR) is 111 cm³/mol. The smallest absolute Gasteiger partial charge is 0.264 e. The van der Waals surface area contributed by atoms with Crippen molar-refractivity contribution in [3.8, 4) is 0 Å². The van der Waals surface area contributed by atoms with Crippen LogP contribution in [-0.2, 0) is 0 Å². The van der Waals surface area contributed by atoms with E-state index in [0.29, 0.717) is 13.1 Å². The van der Waals surface area contributed by atoms with Gasteiger partial charge in [0.05, 0.1) is 15.6 Å². The molecule has 1 amide bonds. The van der Waals surface area contributed by atoms with Crippen molar-refractivity contribution in [1.29, 1.82) is 0 Å². The summed E-state index contributed by atoms with van der Waals surface area (Å²) in [6.07, 6.45) is 0. The van der Waals surface area contributed by atoms with Crippen LogP contribution in [0.3, 0.4) is 0 Å². The van der Waals surface area contributed by atoms with Gasteiger partial charge in [-0.05, 0) is 38.5 Å². The van der Waals surface area contributed by atoms with Gasteiger partial charge >= 0.3 is 0 Å². The average Bonchev–Trinajstić information content (AvgIpc) is 2.98. The van der Waals surface area contributed by atoms with Gasteiger partial charge in [0.1, 0.15) is 10.7 Å². The predicted octanol–water partition coefficient (Wildman–Crippen LogP) is 4.23. The largest absolute Gasteiger partial charge is 0.367 e. The molecule has 1 saturated heterocycles. The first-order chi connectivity index (χ1) is 13.0. The Morgan fingerprint density at radius 3 is 2.48 bits per heavy atom. The number of hydrogen-bond donors (Lipinski definition) is 0. The number of hydrogen-bond acceptors (Lipinski definition) is 5. The fraction of sp³-hybridized carbons (Fsp3) is 0.350. The number of carbonyl (C=O) groups is 1. The summed E-state index contributed by atoms with van der Waals surface area (Å²) in [4.78, 5) is 28.0. The third-order valence-corrected chi connectivity index (χ3v) is 6.53. The number of carbonyl (C=O) groups excluding carboxylic acids is 1. The molecule has 0 bridgehead atoms. The third kappa shape index (κ3) is 3.28. The van der Waals surface area contributed by atoms with Crippen molar-refractivity contribution in [2.45, 2.75) is 20.8 Å². The Kier molecular flexibility index (Phi) is 4.78. The Balaban J connectivity index is 1.55. The van der Waals surface area contributed by atoms with Crippen molar-refractivity contribution in [2.75, 3.05) is 31.1 Å². The van der Waals surface area contributed by atoms with Crippen LogP contribution in [0.15, 0.2) is 24.3 Å². The molecule has 0 saturated carbocycles. The molecule has 140 valence electrons. The number of aromatic nitrogens is 2. The molecule has 1 aromatic carbocycles. The zero-order chi connectivity index (χ0) is 19.1. The minimum atomic E-state index is 0.0892. The highest BCUT2D eigenvalue weighted by Gasteiger charge is 2.27. The normalized spacial score (nSPS) is 14.8. The van der Waals surface area contributed by atoms with Crippen LogP contribution >= 0.6 is 22.9 Å². The molecule has 2 aromatic heterocycles. The van der Waals surface area contributed by atoms with E-state index in [0.717, 1.165) is 56.0 Å². The number of benzene rings is 1. The van der Waals surface area contributed by atoms with Gasteiger partial charge in [0.15, 0.2) is 0 Å². The van der Waals surface area contributed by atoms with Gasteiger partial charge in [0.2, 0.25) is 0 Å². The number of aryl methyl sites for hydroxylation is 3. The fourth-order valence-corrected chi connectivity index (χ4v) is 5.18. The monoisotopic (exact) mass is 400 g/mol. The Hall–Kier alpha value is -2.18. The number of piperazine rings is 1.